The highest BCUT2D eigenvalue weighted by atomic mass is 15.3. The van der Waals surface area contributed by atoms with Gasteiger partial charge in [0.2, 0.25) is 0 Å². The topological polar surface area (TPSA) is 24.3 Å². The zero-order valence-electron chi connectivity index (χ0n) is 21.9. The van der Waals surface area contributed by atoms with E-state index in [9.17, 15) is 0 Å². The van der Waals surface area contributed by atoms with Gasteiger partial charge in [0.25, 0.3) is 0 Å². The Bertz CT molecular complexity index is 1850. The van der Waals surface area contributed by atoms with Gasteiger partial charge in [-0.2, -0.15) is 0 Å². The molecule has 39 heavy (non-hydrogen) atoms. The highest BCUT2D eigenvalue weighted by molar-refractivity contribution is 5.98. The van der Waals surface area contributed by atoms with Gasteiger partial charge in [0, 0.05) is 42.0 Å². The fourth-order valence-electron chi connectivity index (χ4n) is 6.35. The lowest BCUT2D eigenvalue weighted by molar-refractivity contribution is 0.510. The normalized spacial score (nSPS) is 15.6. The predicted molar refractivity (Wildman–Crippen MR) is 161 cm³/mol. The second kappa shape index (κ2) is 8.60. The Morgan fingerprint density at radius 2 is 1.62 bits per heavy atom. The highest BCUT2D eigenvalue weighted by Gasteiger charge is 2.32. The van der Waals surface area contributed by atoms with E-state index in [1.54, 1.807) is 0 Å². The molecule has 0 bridgehead atoms. The number of allylic oxidation sites excluding steroid dienone is 2. The molecule has 0 spiro atoms. The number of hydrogen-bond donors (Lipinski definition) is 0. The van der Waals surface area contributed by atoms with Crippen LogP contribution in [0.1, 0.15) is 23.2 Å². The molecule has 0 atom stereocenters. The molecular formula is C35H28N4. The van der Waals surface area contributed by atoms with Crippen LogP contribution in [0.3, 0.4) is 0 Å². The van der Waals surface area contributed by atoms with Crippen molar-refractivity contribution in [3.63, 3.8) is 0 Å². The van der Waals surface area contributed by atoms with E-state index < -0.39 is 0 Å². The number of anilines is 2. The Labute approximate surface area is 228 Å². The van der Waals surface area contributed by atoms with Crippen molar-refractivity contribution >= 4 is 34.2 Å². The van der Waals surface area contributed by atoms with E-state index >= 15 is 0 Å². The maximum Gasteiger partial charge on any atom is 0.140 e. The summed E-state index contributed by atoms with van der Waals surface area (Å²) in [6.45, 7) is 0.839. The molecule has 4 heterocycles. The van der Waals surface area contributed by atoms with Gasteiger partial charge < -0.3 is 4.90 Å². The second-order valence-electron chi connectivity index (χ2n) is 10.5. The van der Waals surface area contributed by atoms with Crippen molar-refractivity contribution in [3.8, 4) is 16.8 Å². The van der Waals surface area contributed by atoms with E-state index in [2.05, 4.69) is 137 Å². The molecule has 188 valence electrons. The van der Waals surface area contributed by atoms with Gasteiger partial charge >= 0.3 is 0 Å². The first kappa shape index (κ1) is 22.2. The average molecular weight is 505 g/mol. The minimum atomic E-state index is 0.839. The number of aromatic nitrogens is 2. The molecular weight excluding hydrogens is 476 g/mol. The molecule has 2 aliphatic heterocycles. The van der Waals surface area contributed by atoms with Crippen LogP contribution < -0.4 is 4.90 Å². The van der Waals surface area contributed by atoms with Crippen molar-refractivity contribution in [2.24, 2.45) is 0 Å². The largest absolute Gasteiger partial charge is 0.376 e. The minimum absolute atomic E-state index is 0.839. The van der Waals surface area contributed by atoms with Crippen molar-refractivity contribution in [1.29, 1.82) is 0 Å². The van der Waals surface area contributed by atoms with Crippen LogP contribution in [0.4, 0.5) is 11.6 Å². The third kappa shape index (κ3) is 3.41. The van der Waals surface area contributed by atoms with Gasteiger partial charge in [-0.3, -0.25) is 9.47 Å². The van der Waals surface area contributed by atoms with Crippen LogP contribution in [0.25, 0.3) is 39.4 Å². The fourth-order valence-corrected chi connectivity index (χ4v) is 6.35. The maximum atomic E-state index is 5.32. The molecule has 3 aromatic carbocycles. The summed E-state index contributed by atoms with van der Waals surface area (Å²) in [6.07, 6.45) is 11.1. The standard InChI is InChI=1S/C35H28N4/c1-37-20-19-33-29(23-37)27-15-7-10-18-32(27)38-31-17-9-5-13-25(31)21-35(38)39(33)34-22-28(24-11-3-2-4-12-24)26-14-6-8-16-30(26)36-34/h2-8,10-16,18-22H,9,17,23H2,1H3. The average Bonchev–Trinajstić information content (AvgIpc) is 3.32. The van der Waals surface area contributed by atoms with Gasteiger partial charge in [-0.1, -0.05) is 78.9 Å². The molecule has 0 radical (unpaired) electrons. The molecule has 0 unspecified atom stereocenters. The molecule has 2 aromatic heterocycles. The van der Waals surface area contributed by atoms with Crippen LogP contribution in [0.15, 0.2) is 115 Å². The smallest absolute Gasteiger partial charge is 0.140 e. The minimum Gasteiger partial charge on any atom is -0.376 e. The SMILES string of the molecule is CN1C=CC2=C(C1)c1ccccc1-n1c(cc3c1CCC=C3)N2c1cc(-c2ccccc2)c2ccccc2n1. The van der Waals surface area contributed by atoms with Crippen molar-refractivity contribution in [2.75, 3.05) is 18.5 Å². The summed E-state index contributed by atoms with van der Waals surface area (Å²) in [5.41, 5.74) is 11.1. The summed E-state index contributed by atoms with van der Waals surface area (Å²) < 4.78 is 2.49. The van der Waals surface area contributed by atoms with E-state index in [4.69, 9.17) is 4.98 Å². The lowest BCUT2D eigenvalue weighted by atomic mass is 9.97. The van der Waals surface area contributed by atoms with Gasteiger partial charge in [0.1, 0.15) is 11.6 Å². The van der Waals surface area contributed by atoms with Gasteiger partial charge in [0.15, 0.2) is 0 Å². The molecule has 0 fully saturated rings. The Balaban J connectivity index is 1.47. The van der Waals surface area contributed by atoms with Crippen LogP contribution in [0.2, 0.25) is 0 Å². The molecule has 4 heteroatoms. The number of rotatable bonds is 2. The zero-order chi connectivity index (χ0) is 25.9. The summed E-state index contributed by atoms with van der Waals surface area (Å²) in [6, 6.07) is 32.7. The summed E-state index contributed by atoms with van der Waals surface area (Å²) in [5, 5.41) is 1.16. The van der Waals surface area contributed by atoms with Gasteiger partial charge in [-0.25, -0.2) is 4.98 Å². The molecule has 4 nitrogen and oxygen atoms in total. The zero-order valence-corrected chi connectivity index (χ0v) is 21.9. The van der Waals surface area contributed by atoms with Crippen molar-refractivity contribution in [3.05, 3.63) is 132 Å². The number of para-hydroxylation sites is 2. The summed E-state index contributed by atoms with van der Waals surface area (Å²) in [5.74, 6) is 2.07. The molecule has 0 amide bonds. The number of fused-ring (bicyclic) bond motifs is 7. The number of likely N-dealkylation sites (N-methyl/N-ethyl adjacent to an activating group) is 1. The first-order valence-corrected chi connectivity index (χ1v) is 13.6. The summed E-state index contributed by atoms with van der Waals surface area (Å²) >= 11 is 0. The van der Waals surface area contributed by atoms with Crippen LogP contribution in [-0.4, -0.2) is 28.0 Å². The molecule has 0 saturated heterocycles. The van der Waals surface area contributed by atoms with Gasteiger partial charge in [-0.15, -0.1) is 0 Å². The van der Waals surface area contributed by atoms with Crippen LogP contribution in [-0.2, 0) is 6.42 Å². The quantitative estimate of drug-likeness (QED) is 0.244. The predicted octanol–water partition coefficient (Wildman–Crippen LogP) is 7.97. The van der Waals surface area contributed by atoms with Gasteiger partial charge in [0.05, 0.1) is 16.9 Å². The highest BCUT2D eigenvalue weighted by Crippen LogP contribution is 2.46. The van der Waals surface area contributed by atoms with Crippen molar-refractivity contribution in [1.82, 2.24) is 14.5 Å². The van der Waals surface area contributed by atoms with Crippen LogP contribution >= 0.6 is 0 Å². The van der Waals surface area contributed by atoms with E-state index in [-0.39, 0.29) is 0 Å². The van der Waals surface area contributed by atoms with Crippen molar-refractivity contribution < 1.29 is 0 Å². The third-order valence-electron chi connectivity index (χ3n) is 8.12. The lowest BCUT2D eigenvalue weighted by Crippen LogP contribution is -2.25. The molecule has 1 aliphatic carbocycles. The third-order valence-corrected chi connectivity index (χ3v) is 8.12. The van der Waals surface area contributed by atoms with E-state index in [0.717, 1.165) is 41.9 Å². The summed E-state index contributed by atoms with van der Waals surface area (Å²) in [4.78, 5) is 9.97. The van der Waals surface area contributed by atoms with Crippen molar-refractivity contribution in [2.45, 2.75) is 12.8 Å². The van der Waals surface area contributed by atoms with E-state index in [1.165, 1.54) is 44.9 Å². The fraction of sp³-hybridized carbons (Fsp3) is 0.114. The van der Waals surface area contributed by atoms with Gasteiger partial charge in [-0.05, 0) is 59.9 Å². The van der Waals surface area contributed by atoms with Crippen LogP contribution in [0.5, 0.6) is 0 Å². The molecule has 8 rings (SSSR count). The Hall–Kier alpha value is -4.83. The Morgan fingerprint density at radius 1 is 0.795 bits per heavy atom. The lowest BCUT2D eigenvalue weighted by Gasteiger charge is -2.30. The number of nitrogens with zero attached hydrogens (tertiary/aromatic N) is 4. The molecule has 3 aliphatic rings. The molecule has 5 aromatic rings. The summed E-state index contributed by atoms with van der Waals surface area (Å²) in [7, 11) is 2.15. The Kier molecular flexibility index (Phi) is 4.89. The number of hydrogen-bond acceptors (Lipinski definition) is 3. The first-order chi connectivity index (χ1) is 19.3. The molecule has 0 N–H and O–H groups in total. The number of benzene rings is 3. The second-order valence-corrected chi connectivity index (χ2v) is 10.5. The maximum absolute atomic E-state index is 5.32. The first-order valence-electron chi connectivity index (χ1n) is 13.6. The van der Waals surface area contributed by atoms with E-state index in [0.29, 0.717) is 0 Å². The number of pyridine rings is 1. The molecule has 0 saturated carbocycles. The monoisotopic (exact) mass is 504 g/mol. The Morgan fingerprint density at radius 3 is 2.54 bits per heavy atom. The van der Waals surface area contributed by atoms with Crippen LogP contribution in [0, 0.1) is 0 Å². The van der Waals surface area contributed by atoms with E-state index in [1.807, 2.05) is 0 Å².